The number of benzene rings is 1. The second-order valence-electron chi connectivity index (χ2n) is 3.95. The van der Waals surface area contributed by atoms with Crippen molar-refractivity contribution < 1.29 is 4.79 Å². The van der Waals surface area contributed by atoms with Crippen LogP contribution in [0.5, 0.6) is 0 Å². The van der Waals surface area contributed by atoms with Crippen molar-refractivity contribution in [3.63, 3.8) is 0 Å². The van der Waals surface area contributed by atoms with E-state index in [0.717, 1.165) is 0 Å². The van der Waals surface area contributed by atoms with E-state index < -0.39 is 6.04 Å². The molecule has 0 saturated heterocycles. The van der Waals surface area contributed by atoms with Crippen molar-refractivity contribution in [3.05, 3.63) is 29.8 Å². The van der Waals surface area contributed by atoms with E-state index in [-0.39, 0.29) is 11.8 Å². The molecule has 0 spiro atoms. The lowest BCUT2D eigenvalue weighted by Gasteiger charge is -2.15. The van der Waals surface area contributed by atoms with Crippen molar-refractivity contribution in [2.75, 3.05) is 5.32 Å². The van der Waals surface area contributed by atoms with Crippen LogP contribution < -0.4 is 11.1 Å². The van der Waals surface area contributed by atoms with Gasteiger partial charge >= 0.3 is 0 Å². The fourth-order valence-corrected chi connectivity index (χ4v) is 1.19. The Hall–Kier alpha value is -1.86. The highest BCUT2D eigenvalue weighted by Gasteiger charge is 2.16. The maximum atomic E-state index is 11.6. The van der Waals surface area contributed by atoms with Crippen LogP contribution in [0.3, 0.4) is 0 Å². The molecule has 1 aromatic carbocycles. The van der Waals surface area contributed by atoms with E-state index in [4.69, 9.17) is 11.0 Å². The first-order valence-electron chi connectivity index (χ1n) is 5.11. The molecular formula is C12H15N3O. The quantitative estimate of drug-likeness (QED) is 0.804. The van der Waals surface area contributed by atoms with Crippen LogP contribution >= 0.6 is 0 Å². The summed E-state index contributed by atoms with van der Waals surface area (Å²) in [4.78, 5) is 11.6. The average Bonchev–Trinajstić information content (AvgIpc) is 2.28. The fourth-order valence-electron chi connectivity index (χ4n) is 1.19. The molecule has 84 valence electrons. The summed E-state index contributed by atoms with van der Waals surface area (Å²) in [5.74, 6) is -0.149. The van der Waals surface area contributed by atoms with Crippen LogP contribution in [0, 0.1) is 17.2 Å². The summed E-state index contributed by atoms with van der Waals surface area (Å²) in [6.45, 7) is 3.77. The molecule has 0 aliphatic rings. The minimum absolute atomic E-state index is 0.0825. The number of nitrogens with two attached hydrogens (primary N) is 1. The zero-order chi connectivity index (χ0) is 12.1. The maximum Gasteiger partial charge on any atom is 0.241 e. The molecule has 0 unspecified atom stereocenters. The predicted octanol–water partition coefficient (Wildman–Crippen LogP) is 1.48. The van der Waals surface area contributed by atoms with Gasteiger partial charge in [-0.25, -0.2) is 0 Å². The molecule has 0 aliphatic carbocycles. The van der Waals surface area contributed by atoms with Gasteiger partial charge in [0.25, 0.3) is 0 Å². The van der Waals surface area contributed by atoms with Gasteiger partial charge in [-0.15, -0.1) is 0 Å². The molecule has 1 amide bonds. The Morgan fingerprint density at radius 1 is 1.50 bits per heavy atom. The lowest BCUT2D eigenvalue weighted by atomic mass is 10.0. The minimum atomic E-state index is -0.536. The Balaban J connectivity index is 2.74. The second kappa shape index (κ2) is 5.29. The summed E-state index contributed by atoms with van der Waals surface area (Å²) in [5, 5.41) is 11.4. The molecule has 3 N–H and O–H groups in total. The van der Waals surface area contributed by atoms with Gasteiger partial charge in [0.15, 0.2) is 0 Å². The van der Waals surface area contributed by atoms with Gasteiger partial charge in [-0.1, -0.05) is 19.9 Å². The first-order chi connectivity index (χ1) is 7.54. The third-order valence-corrected chi connectivity index (χ3v) is 2.28. The molecule has 0 bridgehead atoms. The van der Waals surface area contributed by atoms with Gasteiger partial charge in [-0.05, 0) is 24.1 Å². The van der Waals surface area contributed by atoms with Crippen LogP contribution in [0.2, 0.25) is 0 Å². The summed E-state index contributed by atoms with van der Waals surface area (Å²) in [6, 6.07) is 8.21. The lowest BCUT2D eigenvalue weighted by molar-refractivity contribution is -0.118. The highest BCUT2D eigenvalue weighted by Crippen LogP contribution is 2.11. The average molecular weight is 217 g/mol. The van der Waals surface area contributed by atoms with E-state index in [1.807, 2.05) is 19.9 Å². The fraction of sp³-hybridized carbons (Fsp3) is 0.333. The van der Waals surface area contributed by atoms with Gasteiger partial charge in [0.05, 0.1) is 17.7 Å². The molecule has 0 fully saturated rings. The Labute approximate surface area is 95.1 Å². The lowest BCUT2D eigenvalue weighted by Crippen LogP contribution is -2.39. The zero-order valence-corrected chi connectivity index (χ0v) is 9.40. The number of hydrogen-bond donors (Lipinski definition) is 2. The molecule has 0 radical (unpaired) electrons. The van der Waals surface area contributed by atoms with Crippen molar-refractivity contribution >= 4 is 11.6 Å². The van der Waals surface area contributed by atoms with Crippen LogP contribution in [0.25, 0.3) is 0 Å². The van der Waals surface area contributed by atoms with Crippen LogP contribution in [0.4, 0.5) is 5.69 Å². The normalized spacial score (nSPS) is 11.9. The van der Waals surface area contributed by atoms with E-state index in [0.29, 0.717) is 11.3 Å². The van der Waals surface area contributed by atoms with Gasteiger partial charge in [0.1, 0.15) is 0 Å². The third kappa shape index (κ3) is 3.07. The topological polar surface area (TPSA) is 78.9 Å². The number of nitriles is 1. The third-order valence-electron chi connectivity index (χ3n) is 2.28. The Bertz CT molecular complexity index is 421. The maximum absolute atomic E-state index is 11.6. The number of anilines is 1. The first-order valence-corrected chi connectivity index (χ1v) is 5.11. The van der Waals surface area contributed by atoms with Crippen LogP contribution in [0.15, 0.2) is 24.3 Å². The van der Waals surface area contributed by atoms with Crippen LogP contribution in [0.1, 0.15) is 19.4 Å². The Morgan fingerprint density at radius 2 is 2.19 bits per heavy atom. The molecule has 1 rings (SSSR count). The molecule has 0 aliphatic heterocycles. The van der Waals surface area contributed by atoms with Crippen molar-refractivity contribution in [1.29, 1.82) is 5.26 Å². The van der Waals surface area contributed by atoms with Crippen LogP contribution in [-0.2, 0) is 4.79 Å². The van der Waals surface area contributed by atoms with E-state index in [1.165, 1.54) is 0 Å². The van der Waals surface area contributed by atoms with E-state index in [9.17, 15) is 4.79 Å². The van der Waals surface area contributed by atoms with Crippen molar-refractivity contribution in [2.45, 2.75) is 19.9 Å². The number of carbonyl (C=O) groups is 1. The molecule has 1 atom stereocenters. The number of carbonyl (C=O) groups excluding carboxylic acids is 1. The van der Waals surface area contributed by atoms with E-state index in [2.05, 4.69) is 5.32 Å². The molecule has 1 aromatic rings. The van der Waals surface area contributed by atoms with Crippen molar-refractivity contribution in [1.82, 2.24) is 0 Å². The summed E-state index contributed by atoms with van der Waals surface area (Å²) in [6.07, 6.45) is 0. The molecule has 16 heavy (non-hydrogen) atoms. The molecule has 0 aromatic heterocycles. The van der Waals surface area contributed by atoms with Gasteiger partial charge in [0.2, 0.25) is 5.91 Å². The number of hydrogen-bond acceptors (Lipinski definition) is 3. The number of rotatable bonds is 3. The predicted molar refractivity (Wildman–Crippen MR) is 62.6 cm³/mol. The zero-order valence-electron chi connectivity index (χ0n) is 9.40. The van der Waals surface area contributed by atoms with Gasteiger partial charge in [-0.3, -0.25) is 4.79 Å². The standard InChI is InChI=1S/C12H15N3O/c1-8(2)11(14)12(16)15-10-5-3-4-9(6-10)7-13/h3-6,8,11H,14H2,1-2H3,(H,15,16)/t11-/m1/s1. The Morgan fingerprint density at radius 3 is 2.75 bits per heavy atom. The summed E-state index contributed by atoms with van der Waals surface area (Å²) in [7, 11) is 0. The summed E-state index contributed by atoms with van der Waals surface area (Å²) < 4.78 is 0. The number of amides is 1. The molecular weight excluding hydrogens is 202 g/mol. The Kier molecular flexibility index (Phi) is 4.03. The van der Waals surface area contributed by atoms with Crippen molar-refractivity contribution in [3.8, 4) is 6.07 Å². The summed E-state index contributed by atoms with van der Waals surface area (Å²) in [5.41, 5.74) is 6.81. The van der Waals surface area contributed by atoms with E-state index >= 15 is 0 Å². The highest BCUT2D eigenvalue weighted by atomic mass is 16.2. The van der Waals surface area contributed by atoms with Gasteiger partial charge in [0, 0.05) is 5.69 Å². The second-order valence-corrected chi connectivity index (χ2v) is 3.95. The summed E-state index contributed by atoms with van der Waals surface area (Å²) >= 11 is 0. The number of nitrogens with one attached hydrogen (secondary N) is 1. The highest BCUT2D eigenvalue weighted by molar-refractivity contribution is 5.94. The molecule has 0 saturated carbocycles. The van der Waals surface area contributed by atoms with E-state index in [1.54, 1.807) is 24.3 Å². The molecule has 4 nitrogen and oxygen atoms in total. The minimum Gasteiger partial charge on any atom is -0.325 e. The molecule has 4 heteroatoms. The van der Waals surface area contributed by atoms with Crippen molar-refractivity contribution in [2.24, 2.45) is 11.7 Å². The molecule has 0 heterocycles. The smallest absolute Gasteiger partial charge is 0.241 e. The van der Waals surface area contributed by atoms with Crippen LogP contribution in [-0.4, -0.2) is 11.9 Å². The number of nitrogens with zero attached hydrogens (tertiary/aromatic N) is 1. The first kappa shape index (κ1) is 12.2. The monoisotopic (exact) mass is 217 g/mol. The largest absolute Gasteiger partial charge is 0.325 e. The SMILES string of the molecule is CC(C)[C@@H](N)C(=O)Nc1cccc(C#N)c1. The van der Waals surface area contributed by atoms with Gasteiger partial charge < -0.3 is 11.1 Å². The van der Waals surface area contributed by atoms with Gasteiger partial charge in [-0.2, -0.15) is 5.26 Å².